The first kappa shape index (κ1) is 28.0. The SMILES string of the molecule is CCNC(=O)c1ccccc1-c1ccc(CN2C(=O)C(NC(=O)CC(C)N)CC(C)c3cc(F)ccc32)cc1. The smallest absolute Gasteiger partial charge is 0.251 e. The van der Waals surface area contributed by atoms with Crippen molar-refractivity contribution in [3.05, 3.63) is 89.2 Å². The van der Waals surface area contributed by atoms with E-state index in [1.807, 2.05) is 56.3 Å². The van der Waals surface area contributed by atoms with E-state index >= 15 is 0 Å². The molecule has 0 aliphatic carbocycles. The van der Waals surface area contributed by atoms with Gasteiger partial charge in [0.1, 0.15) is 11.9 Å². The van der Waals surface area contributed by atoms with E-state index in [9.17, 15) is 18.8 Å². The summed E-state index contributed by atoms with van der Waals surface area (Å²) in [5.74, 6) is -1.21. The highest BCUT2D eigenvalue weighted by Gasteiger charge is 2.34. The molecule has 3 aromatic carbocycles. The average Bonchev–Trinajstić information content (AvgIpc) is 2.99. The van der Waals surface area contributed by atoms with Crippen molar-refractivity contribution in [3.63, 3.8) is 0 Å². The van der Waals surface area contributed by atoms with Crippen molar-refractivity contribution in [1.82, 2.24) is 10.6 Å². The highest BCUT2D eigenvalue weighted by molar-refractivity contribution is 6.01. The molecule has 4 rings (SSSR count). The number of carbonyl (C=O) groups is 3. The molecule has 1 aliphatic heterocycles. The zero-order valence-corrected chi connectivity index (χ0v) is 22.5. The molecule has 3 aromatic rings. The van der Waals surface area contributed by atoms with Crippen LogP contribution >= 0.6 is 0 Å². The van der Waals surface area contributed by atoms with E-state index in [1.165, 1.54) is 12.1 Å². The molecule has 3 unspecified atom stereocenters. The molecule has 7 nitrogen and oxygen atoms in total. The number of anilines is 1. The van der Waals surface area contributed by atoms with Crippen molar-refractivity contribution in [2.75, 3.05) is 11.4 Å². The monoisotopic (exact) mass is 530 g/mol. The number of nitrogens with two attached hydrogens (primary N) is 1. The number of hydrogen-bond donors (Lipinski definition) is 3. The van der Waals surface area contributed by atoms with Crippen molar-refractivity contribution in [3.8, 4) is 11.1 Å². The summed E-state index contributed by atoms with van der Waals surface area (Å²) in [5.41, 5.74) is 10.3. The maximum absolute atomic E-state index is 14.2. The molecule has 0 radical (unpaired) electrons. The fraction of sp³-hybridized carbons (Fsp3) is 0.323. The van der Waals surface area contributed by atoms with Gasteiger partial charge in [-0.2, -0.15) is 0 Å². The third-order valence-electron chi connectivity index (χ3n) is 6.92. The van der Waals surface area contributed by atoms with Gasteiger partial charge >= 0.3 is 0 Å². The first-order valence-corrected chi connectivity index (χ1v) is 13.3. The molecule has 3 amide bonds. The Balaban J connectivity index is 1.64. The number of nitrogens with one attached hydrogen (secondary N) is 2. The molecule has 0 aromatic heterocycles. The molecule has 0 fully saturated rings. The lowest BCUT2D eigenvalue weighted by Gasteiger charge is -2.27. The minimum atomic E-state index is -0.759. The van der Waals surface area contributed by atoms with Crippen LogP contribution in [-0.2, 0) is 16.1 Å². The van der Waals surface area contributed by atoms with Crippen LogP contribution in [0.15, 0.2) is 66.7 Å². The molecule has 204 valence electrons. The molecule has 1 heterocycles. The fourth-order valence-corrected chi connectivity index (χ4v) is 5.04. The lowest BCUT2D eigenvalue weighted by atomic mass is 9.94. The minimum Gasteiger partial charge on any atom is -0.352 e. The standard InChI is InChI=1S/C31H35FN4O3/c1-4-34-30(38)25-8-6-5-7-24(25)22-11-9-21(10-12-22)18-36-28-14-13-23(32)17-26(28)19(2)15-27(31(36)39)35-29(37)16-20(3)33/h5-14,17,19-20,27H,4,15-16,18,33H2,1-3H3,(H,34,38)(H,35,37). The molecule has 1 aliphatic rings. The number of nitrogens with zero attached hydrogens (tertiary/aromatic N) is 1. The minimum absolute atomic E-state index is 0.110. The topological polar surface area (TPSA) is 105 Å². The van der Waals surface area contributed by atoms with Crippen molar-refractivity contribution in [2.45, 2.75) is 58.2 Å². The normalized spacial score (nSPS) is 17.7. The number of carbonyl (C=O) groups excluding carboxylic acids is 3. The van der Waals surface area contributed by atoms with Crippen molar-refractivity contribution in [1.29, 1.82) is 0 Å². The van der Waals surface area contributed by atoms with Gasteiger partial charge in [-0.25, -0.2) is 4.39 Å². The molecule has 0 spiro atoms. The van der Waals surface area contributed by atoms with Gasteiger partial charge in [0.2, 0.25) is 11.8 Å². The lowest BCUT2D eigenvalue weighted by Crippen LogP contribution is -2.48. The molecule has 0 saturated heterocycles. The number of fused-ring (bicyclic) bond motifs is 1. The predicted molar refractivity (Wildman–Crippen MR) is 151 cm³/mol. The fourth-order valence-electron chi connectivity index (χ4n) is 5.04. The first-order chi connectivity index (χ1) is 18.7. The van der Waals surface area contributed by atoms with Gasteiger partial charge in [0.05, 0.1) is 6.54 Å². The second-order valence-electron chi connectivity index (χ2n) is 10.2. The van der Waals surface area contributed by atoms with E-state index in [4.69, 9.17) is 5.73 Å². The molecule has 4 N–H and O–H groups in total. The van der Waals surface area contributed by atoms with Crippen LogP contribution in [-0.4, -0.2) is 36.3 Å². The van der Waals surface area contributed by atoms with Crippen LogP contribution in [0.2, 0.25) is 0 Å². The van der Waals surface area contributed by atoms with Gasteiger partial charge in [-0.05, 0) is 72.7 Å². The second kappa shape index (κ2) is 12.2. The average molecular weight is 531 g/mol. The third-order valence-corrected chi connectivity index (χ3v) is 6.92. The highest BCUT2D eigenvalue weighted by Crippen LogP contribution is 2.36. The molecule has 0 saturated carbocycles. The maximum Gasteiger partial charge on any atom is 0.251 e. The van der Waals surface area contributed by atoms with E-state index in [0.29, 0.717) is 24.2 Å². The van der Waals surface area contributed by atoms with E-state index < -0.39 is 6.04 Å². The van der Waals surface area contributed by atoms with Gasteiger partial charge in [0.25, 0.3) is 5.91 Å². The van der Waals surface area contributed by atoms with Crippen LogP contribution in [0, 0.1) is 5.82 Å². The summed E-state index contributed by atoms with van der Waals surface area (Å²) >= 11 is 0. The molecular weight excluding hydrogens is 495 g/mol. The largest absolute Gasteiger partial charge is 0.352 e. The Morgan fingerprint density at radius 1 is 1.10 bits per heavy atom. The molecule has 3 atom stereocenters. The Kier molecular flexibility index (Phi) is 8.76. The number of hydrogen-bond acceptors (Lipinski definition) is 4. The van der Waals surface area contributed by atoms with E-state index in [-0.39, 0.29) is 48.5 Å². The van der Waals surface area contributed by atoms with Crippen LogP contribution in [0.4, 0.5) is 10.1 Å². The predicted octanol–water partition coefficient (Wildman–Crippen LogP) is 4.50. The number of amides is 3. The summed E-state index contributed by atoms with van der Waals surface area (Å²) in [5, 5.41) is 5.70. The molecule has 0 bridgehead atoms. The lowest BCUT2D eigenvalue weighted by molar-refractivity contribution is -0.128. The molecule has 39 heavy (non-hydrogen) atoms. The second-order valence-corrected chi connectivity index (χ2v) is 10.2. The number of benzene rings is 3. The van der Waals surface area contributed by atoms with Crippen molar-refractivity contribution in [2.24, 2.45) is 5.73 Å². The van der Waals surface area contributed by atoms with Crippen LogP contribution in [0.25, 0.3) is 11.1 Å². The quantitative estimate of drug-likeness (QED) is 0.399. The molecule has 8 heteroatoms. The first-order valence-electron chi connectivity index (χ1n) is 13.3. The van der Waals surface area contributed by atoms with E-state index in [0.717, 1.165) is 22.3 Å². The van der Waals surface area contributed by atoms with E-state index in [1.54, 1.807) is 24.0 Å². The van der Waals surface area contributed by atoms with E-state index in [2.05, 4.69) is 10.6 Å². The van der Waals surface area contributed by atoms with Crippen LogP contribution in [0.5, 0.6) is 0 Å². The highest BCUT2D eigenvalue weighted by atomic mass is 19.1. The van der Waals surface area contributed by atoms with Crippen molar-refractivity contribution >= 4 is 23.4 Å². The summed E-state index contributed by atoms with van der Waals surface area (Å²) in [6.45, 7) is 6.32. The zero-order chi connectivity index (χ0) is 28.1. The van der Waals surface area contributed by atoms with Crippen LogP contribution < -0.4 is 21.3 Å². The van der Waals surface area contributed by atoms with Gasteiger partial charge in [-0.1, -0.05) is 49.4 Å². The number of halogens is 1. The van der Waals surface area contributed by atoms with Gasteiger partial charge in [-0.15, -0.1) is 0 Å². The summed E-state index contributed by atoms with van der Waals surface area (Å²) in [6, 6.07) is 18.4. The Morgan fingerprint density at radius 2 is 1.82 bits per heavy atom. The Bertz CT molecular complexity index is 1360. The Hall–Kier alpha value is -4.04. The number of rotatable bonds is 8. The van der Waals surface area contributed by atoms with Gasteiger partial charge in [0.15, 0.2) is 0 Å². The zero-order valence-electron chi connectivity index (χ0n) is 22.5. The van der Waals surface area contributed by atoms with Gasteiger partial charge in [-0.3, -0.25) is 14.4 Å². The third kappa shape index (κ3) is 6.52. The Labute approximate surface area is 228 Å². The summed E-state index contributed by atoms with van der Waals surface area (Å²) in [6.07, 6.45) is 0.463. The van der Waals surface area contributed by atoms with Gasteiger partial charge < -0.3 is 21.3 Å². The summed E-state index contributed by atoms with van der Waals surface area (Å²) in [7, 11) is 0. The molecular formula is C31H35FN4O3. The Morgan fingerprint density at radius 3 is 2.51 bits per heavy atom. The summed E-state index contributed by atoms with van der Waals surface area (Å²) in [4.78, 5) is 40.5. The van der Waals surface area contributed by atoms with Gasteiger partial charge in [0, 0.05) is 30.3 Å². The van der Waals surface area contributed by atoms with Crippen molar-refractivity contribution < 1.29 is 18.8 Å². The summed E-state index contributed by atoms with van der Waals surface area (Å²) < 4.78 is 14.2. The van der Waals surface area contributed by atoms with Crippen LogP contribution in [0.1, 0.15) is 61.0 Å². The van der Waals surface area contributed by atoms with Crippen LogP contribution in [0.3, 0.4) is 0 Å². The maximum atomic E-state index is 14.2.